The Hall–Kier alpha value is -2.21. The molecule has 0 spiro atoms. The second-order valence-corrected chi connectivity index (χ2v) is 7.28. The molecule has 0 aromatic heterocycles. The van der Waals surface area contributed by atoms with Gasteiger partial charge in [-0.3, -0.25) is 4.89 Å². The van der Waals surface area contributed by atoms with E-state index in [2.05, 4.69) is 65.2 Å². The fourth-order valence-electron chi connectivity index (χ4n) is 3.47. The van der Waals surface area contributed by atoms with Crippen LogP contribution in [0.15, 0.2) is 54.6 Å². The SMILES string of the molecule is CC(=O)OOCCN1CCC(OC(c2ccccc2)c2ccc(C)cc2)CC1. The van der Waals surface area contributed by atoms with Gasteiger partial charge in [0.1, 0.15) is 12.7 Å². The van der Waals surface area contributed by atoms with Crippen molar-refractivity contribution < 1.29 is 19.3 Å². The second kappa shape index (κ2) is 10.4. The minimum atomic E-state index is -0.421. The molecule has 2 aromatic carbocycles. The predicted octanol–water partition coefficient (Wildman–Crippen LogP) is 4.06. The van der Waals surface area contributed by atoms with Crippen molar-refractivity contribution in [1.29, 1.82) is 0 Å². The minimum Gasteiger partial charge on any atom is -0.365 e. The molecule has 0 bridgehead atoms. The van der Waals surface area contributed by atoms with E-state index in [0.717, 1.165) is 32.5 Å². The van der Waals surface area contributed by atoms with Gasteiger partial charge >= 0.3 is 5.97 Å². The molecule has 1 heterocycles. The van der Waals surface area contributed by atoms with E-state index in [4.69, 9.17) is 9.62 Å². The third-order valence-corrected chi connectivity index (χ3v) is 5.01. The van der Waals surface area contributed by atoms with E-state index in [1.165, 1.54) is 23.6 Å². The molecule has 0 saturated carbocycles. The number of hydrogen-bond acceptors (Lipinski definition) is 5. The number of likely N-dealkylation sites (tertiary alicyclic amines) is 1. The largest absolute Gasteiger partial charge is 0.365 e. The van der Waals surface area contributed by atoms with Gasteiger partial charge in [-0.15, -0.1) is 0 Å². The van der Waals surface area contributed by atoms with Gasteiger partial charge in [0.05, 0.1) is 6.10 Å². The van der Waals surface area contributed by atoms with E-state index in [-0.39, 0.29) is 12.2 Å². The van der Waals surface area contributed by atoms with Crippen molar-refractivity contribution in [2.75, 3.05) is 26.2 Å². The van der Waals surface area contributed by atoms with Crippen LogP contribution in [0.2, 0.25) is 0 Å². The van der Waals surface area contributed by atoms with Gasteiger partial charge < -0.3 is 9.64 Å². The fraction of sp³-hybridized carbons (Fsp3) is 0.435. The van der Waals surface area contributed by atoms with Crippen LogP contribution in [0.4, 0.5) is 0 Å². The van der Waals surface area contributed by atoms with Crippen molar-refractivity contribution in [2.45, 2.75) is 38.9 Å². The van der Waals surface area contributed by atoms with Crippen LogP contribution in [-0.2, 0) is 19.3 Å². The van der Waals surface area contributed by atoms with Gasteiger partial charge in [0.15, 0.2) is 0 Å². The van der Waals surface area contributed by atoms with Gasteiger partial charge in [-0.05, 0) is 30.9 Å². The normalized spacial score (nSPS) is 16.6. The lowest BCUT2D eigenvalue weighted by molar-refractivity contribution is -0.271. The number of carbonyl (C=O) groups excluding carboxylic acids is 1. The van der Waals surface area contributed by atoms with Crippen molar-refractivity contribution in [3.05, 3.63) is 71.3 Å². The van der Waals surface area contributed by atoms with E-state index in [1.807, 2.05) is 6.07 Å². The van der Waals surface area contributed by atoms with Gasteiger partial charge in [0.2, 0.25) is 0 Å². The third kappa shape index (κ3) is 6.16. The van der Waals surface area contributed by atoms with Gasteiger partial charge in [-0.1, -0.05) is 60.2 Å². The maximum Gasteiger partial charge on any atom is 0.339 e. The molecule has 1 fully saturated rings. The summed E-state index contributed by atoms with van der Waals surface area (Å²) < 4.78 is 6.58. The van der Waals surface area contributed by atoms with E-state index in [1.54, 1.807) is 0 Å². The highest BCUT2D eigenvalue weighted by atomic mass is 17.2. The smallest absolute Gasteiger partial charge is 0.339 e. The monoisotopic (exact) mass is 383 g/mol. The van der Waals surface area contributed by atoms with Gasteiger partial charge in [0.25, 0.3) is 0 Å². The Kier molecular flexibility index (Phi) is 7.60. The maximum absolute atomic E-state index is 10.7. The van der Waals surface area contributed by atoms with Crippen molar-refractivity contribution in [3.8, 4) is 0 Å². The summed E-state index contributed by atoms with van der Waals surface area (Å²) >= 11 is 0. The summed E-state index contributed by atoms with van der Waals surface area (Å²) in [5.74, 6) is -0.421. The first-order chi connectivity index (χ1) is 13.6. The Morgan fingerprint density at radius 1 is 1.04 bits per heavy atom. The summed E-state index contributed by atoms with van der Waals surface area (Å²) in [5.41, 5.74) is 3.62. The molecular weight excluding hydrogens is 354 g/mol. The molecule has 1 saturated heterocycles. The highest BCUT2D eigenvalue weighted by Gasteiger charge is 2.24. The molecular formula is C23H29NO4. The molecule has 0 radical (unpaired) electrons. The Morgan fingerprint density at radius 2 is 1.68 bits per heavy atom. The number of nitrogens with zero attached hydrogens (tertiary/aromatic N) is 1. The summed E-state index contributed by atoms with van der Waals surface area (Å²) in [6.45, 7) is 6.47. The topological polar surface area (TPSA) is 48.0 Å². The van der Waals surface area contributed by atoms with E-state index in [0.29, 0.717) is 6.61 Å². The Morgan fingerprint density at radius 3 is 2.32 bits per heavy atom. The molecule has 5 nitrogen and oxygen atoms in total. The van der Waals surface area contributed by atoms with E-state index >= 15 is 0 Å². The number of ether oxygens (including phenoxy) is 1. The number of piperidine rings is 1. The van der Waals surface area contributed by atoms with Gasteiger partial charge in [-0.25, -0.2) is 4.79 Å². The molecule has 0 N–H and O–H groups in total. The Balaban J connectivity index is 1.55. The van der Waals surface area contributed by atoms with Crippen molar-refractivity contribution in [3.63, 3.8) is 0 Å². The van der Waals surface area contributed by atoms with Gasteiger partial charge in [-0.2, -0.15) is 4.89 Å². The number of hydrogen-bond donors (Lipinski definition) is 0. The molecule has 5 heteroatoms. The molecule has 1 atom stereocenters. The van der Waals surface area contributed by atoms with E-state index < -0.39 is 5.97 Å². The molecule has 1 aliphatic rings. The summed E-state index contributed by atoms with van der Waals surface area (Å²) in [6, 6.07) is 19.0. The highest BCUT2D eigenvalue weighted by molar-refractivity contribution is 5.65. The summed E-state index contributed by atoms with van der Waals surface area (Å²) in [5, 5.41) is 0. The predicted molar refractivity (Wildman–Crippen MR) is 108 cm³/mol. The maximum atomic E-state index is 10.7. The first-order valence-electron chi connectivity index (χ1n) is 9.91. The molecule has 1 aliphatic heterocycles. The second-order valence-electron chi connectivity index (χ2n) is 7.28. The number of rotatable bonds is 8. The Labute approximate surface area is 167 Å². The summed E-state index contributed by atoms with van der Waals surface area (Å²) in [6.07, 6.45) is 2.12. The molecule has 3 rings (SSSR count). The molecule has 150 valence electrons. The zero-order valence-corrected chi connectivity index (χ0v) is 16.7. The lowest BCUT2D eigenvalue weighted by atomic mass is 9.99. The lowest BCUT2D eigenvalue weighted by Gasteiger charge is -2.34. The van der Waals surface area contributed by atoms with Crippen molar-refractivity contribution in [2.24, 2.45) is 0 Å². The van der Waals surface area contributed by atoms with Crippen LogP contribution in [0, 0.1) is 6.92 Å². The van der Waals surface area contributed by atoms with Crippen LogP contribution < -0.4 is 0 Å². The van der Waals surface area contributed by atoms with Crippen molar-refractivity contribution in [1.82, 2.24) is 4.90 Å². The van der Waals surface area contributed by atoms with Crippen LogP contribution in [0.3, 0.4) is 0 Å². The summed E-state index contributed by atoms with van der Waals surface area (Å²) in [7, 11) is 0. The fourth-order valence-corrected chi connectivity index (χ4v) is 3.47. The molecule has 0 aliphatic carbocycles. The lowest BCUT2D eigenvalue weighted by Crippen LogP contribution is -2.39. The molecule has 1 unspecified atom stereocenters. The van der Waals surface area contributed by atoms with Crippen LogP contribution >= 0.6 is 0 Å². The van der Waals surface area contributed by atoms with Crippen molar-refractivity contribution >= 4 is 5.97 Å². The standard InChI is InChI=1S/C23H29NO4/c1-18-8-10-21(11-9-18)23(20-6-4-3-5-7-20)27-22-12-14-24(15-13-22)16-17-26-28-19(2)25/h3-11,22-23H,12-17H2,1-2H3. The zero-order valence-electron chi connectivity index (χ0n) is 16.7. The quantitative estimate of drug-likeness (QED) is 0.391. The summed E-state index contributed by atoms with van der Waals surface area (Å²) in [4.78, 5) is 22.4. The molecule has 2 aromatic rings. The average Bonchev–Trinajstić information content (AvgIpc) is 2.72. The Bertz CT molecular complexity index is 724. The van der Waals surface area contributed by atoms with Crippen LogP contribution in [-0.4, -0.2) is 43.2 Å². The average molecular weight is 383 g/mol. The van der Waals surface area contributed by atoms with E-state index in [9.17, 15) is 4.79 Å². The van der Waals surface area contributed by atoms with Crippen LogP contribution in [0.5, 0.6) is 0 Å². The third-order valence-electron chi connectivity index (χ3n) is 5.01. The molecule has 28 heavy (non-hydrogen) atoms. The van der Waals surface area contributed by atoms with Gasteiger partial charge in [0, 0.05) is 26.6 Å². The number of benzene rings is 2. The first-order valence-corrected chi connectivity index (χ1v) is 9.91. The van der Waals surface area contributed by atoms with Crippen LogP contribution in [0.1, 0.15) is 42.6 Å². The minimum absolute atomic E-state index is 0.0503. The zero-order chi connectivity index (χ0) is 19.8. The first kappa shape index (κ1) is 20.5. The number of carbonyl (C=O) groups is 1. The number of aryl methyl sites for hydroxylation is 1. The van der Waals surface area contributed by atoms with Crippen LogP contribution in [0.25, 0.3) is 0 Å². The molecule has 0 amide bonds. The highest BCUT2D eigenvalue weighted by Crippen LogP contribution is 2.30.